The van der Waals surface area contributed by atoms with Crippen molar-refractivity contribution >= 4 is 45.5 Å². The molecule has 0 aliphatic carbocycles. The minimum Gasteiger partial charge on any atom is -0.495 e. The van der Waals surface area contributed by atoms with E-state index in [0.29, 0.717) is 5.96 Å². The minimum absolute atomic E-state index is 0. The maximum atomic E-state index is 11.6. The molecule has 0 amide bonds. The Kier molecular flexibility index (Phi) is 10.2. The van der Waals surface area contributed by atoms with Crippen LogP contribution in [0.4, 0.5) is 5.69 Å². The van der Waals surface area contributed by atoms with Gasteiger partial charge in [-0.05, 0) is 25.5 Å². The molecule has 0 saturated carbocycles. The Morgan fingerprint density at radius 1 is 1.33 bits per heavy atom. The summed E-state index contributed by atoms with van der Waals surface area (Å²) in [6.07, 6.45) is 0.982. The molecule has 154 valence electrons. The van der Waals surface area contributed by atoms with Crippen molar-refractivity contribution in [3.8, 4) is 5.75 Å². The molecule has 0 radical (unpaired) electrons. The summed E-state index contributed by atoms with van der Waals surface area (Å²) < 4.78 is 28.7. The third-order valence-corrected chi connectivity index (χ3v) is 6.10. The van der Waals surface area contributed by atoms with Crippen LogP contribution in [0, 0.1) is 0 Å². The van der Waals surface area contributed by atoms with Crippen molar-refractivity contribution in [2.75, 3.05) is 49.7 Å². The molecule has 1 aliphatic heterocycles. The van der Waals surface area contributed by atoms with Gasteiger partial charge in [0.2, 0.25) is 0 Å². The fraction of sp³-hybridized carbons (Fsp3) is 0.611. The van der Waals surface area contributed by atoms with Gasteiger partial charge in [0, 0.05) is 31.4 Å². The van der Waals surface area contributed by atoms with Gasteiger partial charge in [0.05, 0.1) is 25.1 Å². The number of guanidine groups is 1. The third-order valence-electron chi connectivity index (χ3n) is 4.41. The van der Waals surface area contributed by atoms with Crippen LogP contribution in [0.2, 0.25) is 0 Å². The first-order valence-corrected chi connectivity index (χ1v) is 10.9. The molecule has 1 aliphatic rings. The van der Waals surface area contributed by atoms with Gasteiger partial charge in [-0.1, -0.05) is 19.1 Å². The quantitative estimate of drug-likeness (QED) is 0.316. The number of benzene rings is 1. The number of methoxy groups -OCH3 is 1. The van der Waals surface area contributed by atoms with Crippen LogP contribution >= 0.6 is 24.0 Å². The van der Waals surface area contributed by atoms with Crippen LogP contribution in [0.1, 0.15) is 20.3 Å². The zero-order valence-corrected chi connectivity index (χ0v) is 19.4. The fourth-order valence-electron chi connectivity index (χ4n) is 2.94. The number of aliphatic imine (C=N–C) groups is 1. The summed E-state index contributed by atoms with van der Waals surface area (Å²) >= 11 is 0. The lowest BCUT2D eigenvalue weighted by atomic mass is 10.2. The predicted molar refractivity (Wildman–Crippen MR) is 122 cm³/mol. The molecule has 27 heavy (non-hydrogen) atoms. The second kappa shape index (κ2) is 11.6. The summed E-state index contributed by atoms with van der Waals surface area (Å²) in [5.74, 6) is 1.78. The van der Waals surface area contributed by atoms with Gasteiger partial charge in [0.25, 0.3) is 0 Å². The predicted octanol–water partition coefficient (Wildman–Crippen LogP) is 1.88. The van der Waals surface area contributed by atoms with Crippen LogP contribution in [0.3, 0.4) is 0 Å². The van der Waals surface area contributed by atoms with Gasteiger partial charge in [0.15, 0.2) is 15.8 Å². The molecule has 0 aromatic heterocycles. The van der Waals surface area contributed by atoms with E-state index in [1.165, 1.54) is 0 Å². The van der Waals surface area contributed by atoms with Crippen molar-refractivity contribution in [1.29, 1.82) is 0 Å². The maximum Gasteiger partial charge on any atom is 0.191 e. The van der Waals surface area contributed by atoms with Gasteiger partial charge >= 0.3 is 0 Å². The maximum absolute atomic E-state index is 11.6. The normalized spacial score (nSPS) is 17.4. The van der Waals surface area contributed by atoms with Gasteiger partial charge in [-0.3, -0.25) is 4.99 Å². The van der Waals surface area contributed by atoms with E-state index in [1.54, 1.807) is 14.0 Å². The lowest BCUT2D eigenvalue weighted by molar-refractivity contribution is 0.415. The van der Waals surface area contributed by atoms with E-state index in [0.717, 1.165) is 37.5 Å². The molecular weight excluding hydrogens is 479 g/mol. The number of hydrogen-bond donors (Lipinski definition) is 2. The Hall–Kier alpha value is -1.23. The standard InChI is InChI=1S/C18H30N4O3S.HI/c1-4-19-18(20-11-13-26(23,24)5-2)21-15-10-12-22(14-15)16-8-6-7-9-17(16)25-3;/h6-9,15H,4-5,10-14H2,1-3H3,(H2,19,20,21);1H. The average Bonchev–Trinajstić information content (AvgIpc) is 3.10. The highest BCUT2D eigenvalue weighted by molar-refractivity contribution is 14.0. The molecule has 1 aromatic carbocycles. The van der Waals surface area contributed by atoms with E-state index in [1.807, 2.05) is 25.1 Å². The molecule has 1 fully saturated rings. The molecule has 2 N–H and O–H groups in total. The van der Waals surface area contributed by atoms with E-state index in [2.05, 4.69) is 26.6 Å². The number of nitrogens with zero attached hydrogens (tertiary/aromatic N) is 2. The number of rotatable bonds is 8. The van der Waals surface area contributed by atoms with E-state index in [4.69, 9.17) is 4.74 Å². The van der Waals surface area contributed by atoms with Crippen LogP contribution < -0.4 is 20.3 Å². The van der Waals surface area contributed by atoms with Crippen molar-refractivity contribution in [3.05, 3.63) is 24.3 Å². The van der Waals surface area contributed by atoms with Crippen molar-refractivity contribution in [2.24, 2.45) is 4.99 Å². The average molecular weight is 510 g/mol. The Labute approximate surface area is 179 Å². The molecule has 1 unspecified atom stereocenters. The molecule has 1 atom stereocenters. The van der Waals surface area contributed by atoms with Crippen LogP contribution in [0.15, 0.2) is 29.3 Å². The summed E-state index contributed by atoms with van der Waals surface area (Å²) in [7, 11) is -1.31. The van der Waals surface area contributed by atoms with E-state index < -0.39 is 9.84 Å². The number of anilines is 1. The Morgan fingerprint density at radius 3 is 2.74 bits per heavy atom. The Morgan fingerprint density at radius 2 is 2.07 bits per heavy atom. The summed E-state index contributed by atoms with van der Waals surface area (Å²) in [5.41, 5.74) is 1.09. The smallest absolute Gasteiger partial charge is 0.191 e. The van der Waals surface area contributed by atoms with Gasteiger partial charge in [-0.25, -0.2) is 8.42 Å². The minimum atomic E-state index is -2.99. The van der Waals surface area contributed by atoms with Crippen LogP contribution in [-0.4, -0.2) is 65.2 Å². The monoisotopic (exact) mass is 510 g/mol. The highest BCUT2D eigenvalue weighted by atomic mass is 127. The second-order valence-electron chi connectivity index (χ2n) is 6.24. The lowest BCUT2D eigenvalue weighted by Gasteiger charge is -2.22. The topological polar surface area (TPSA) is 83.0 Å². The first kappa shape index (κ1) is 23.8. The fourth-order valence-corrected chi connectivity index (χ4v) is 3.60. The first-order valence-electron chi connectivity index (χ1n) is 9.12. The summed E-state index contributed by atoms with van der Waals surface area (Å²) in [4.78, 5) is 6.71. The molecule has 2 rings (SSSR count). The molecule has 1 heterocycles. The van der Waals surface area contributed by atoms with Crippen molar-refractivity contribution < 1.29 is 13.2 Å². The third kappa shape index (κ3) is 7.36. The zero-order chi connectivity index (χ0) is 19.0. The number of ether oxygens (including phenoxy) is 1. The molecule has 0 bridgehead atoms. The molecule has 1 saturated heterocycles. The van der Waals surface area contributed by atoms with Gasteiger partial charge < -0.3 is 20.3 Å². The van der Waals surface area contributed by atoms with E-state index in [-0.39, 0.29) is 48.1 Å². The van der Waals surface area contributed by atoms with Crippen LogP contribution in [0.5, 0.6) is 5.75 Å². The van der Waals surface area contributed by atoms with E-state index >= 15 is 0 Å². The van der Waals surface area contributed by atoms with Crippen molar-refractivity contribution in [2.45, 2.75) is 26.3 Å². The molecular formula is C18H31IN4O3S. The zero-order valence-electron chi connectivity index (χ0n) is 16.3. The van der Waals surface area contributed by atoms with Gasteiger partial charge in [-0.15, -0.1) is 24.0 Å². The number of sulfone groups is 1. The van der Waals surface area contributed by atoms with Crippen LogP contribution in [-0.2, 0) is 9.84 Å². The van der Waals surface area contributed by atoms with Crippen molar-refractivity contribution in [3.63, 3.8) is 0 Å². The summed E-state index contributed by atoms with van der Waals surface area (Å²) in [5, 5.41) is 6.61. The molecule has 1 aromatic rings. The number of para-hydroxylation sites is 2. The first-order chi connectivity index (χ1) is 12.5. The second-order valence-corrected chi connectivity index (χ2v) is 8.72. The summed E-state index contributed by atoms with van der Waals surface area (Å²) in [6, 6.07) is 8.26. The SMILES string of the molecule is CCNC(=NCCS(=O)(=O)CC)NC1CCN(c2ccccc2OC)C1.I. The van der Waals surface area contributed by atoms with Crippen molar-refractivity contribution in [1.82, 2.24) is 10.6 Å². The molecule has 7 nitrogen and oxygen atoms in total. The van der Waals surface area contributed by atoms with Gasteiger partial charge in [0.1, 0.15) is 5.75 Å². The number of nitrogens with one attached hydrogen (secondary N) is 2. The van der Waals surface area contributed by atoms with Gasteiger partial charge in [-0.2, -0.15) is 0 Å². The number of halogens is 1. The van der Waals surface area contributed by atoms with E-state index in [9.17, 15) is 8.42 Å². The molecule has 0 spiro atoms. The highest BCUT2D eigenvalue weighted by Gasteiger charge is 2.25. The Balaban J connectivity index is 0.00000364. The lowest BCUT2D eigenvalue weighted by Crippen LogP contribution is -2.44. The summed E-state index contributed by atoms with van der Waals surface area (Å²) in [6.45, 7) is 6.44. The van der Waals surface area contributed by atoms with Crippen LogP contribution in [0.25, 0.3) is 0 Å². The Bertz CT molecular complexity index is 712. The highest BCUT2D eigenvalue weighted by Crippen LogP contribution is 2.30. The number of hydrogen-bond acceptors (Lipinski definition) is 5. The molecule has 9 heteroatoms. The largest absolute Gasteiger partial charge is 0.495 e.